The monoisotopic (exact) mass is 223 g/mol. The van der Waals surface area contributed by atoms with Crippen LogP contribution in [0, 0.1) is 0 Å². The highest BCUT2D eigenvalue weighted by Crippen LogP contribution is 2.12. The Morgan fingerprint density at radius 2 is 2.07 bits per heavy atom. The molecule has 0 amide bonds. The summed E-state index contributed by atoms with van der Waals surface area (Å²) in [7, 11) is 0. The third kappa shape index (κ3) is 4.50. The van der Waals surface area contributed by atoms with E-state index in [4.69, 9.17) is 11.6 Å². The highest BCUT2D eigenvalue weighted by molar-refractivity contribution is 6.25. The summed E-state index contributed by atoms with van der Waals surface area (Å²) in [5.41, 5.74) is 4.16. The summed E-state index contributed by atoms with van der Waals surface area (Å²) in [6.07, 6.45) is 0. The normalized spacial score (nSPS) is 13.9. The van der Waals surface area contributed by atoms with Crippen LogP contribution in [0.25, 0.3) is 0 Å². The Hall–Kier alpha value is -0.790. The molecule has 1 aromatic carbocycles. The zero-order chi connectivity index (χ0) is 11.1. The van der Waals surface area contributed by atoms with Gasteiger partial charge in [0, 0.05) is 18.6 Å². The molecule has 0 aliphatic heterocycles. The molecule has 1 nitrogen and oxygen atoms in total. The lowest BCUT2D eigenvalue weighted by Gasteiger charge is -2.12. The Labute approximate surface area is 97.1 Å². The molecule has 1 N–H and O–H groups in total. The van der Waals surface area contributed by atoms with Gasteiger partial charge in [-0.2, -0.15) is 0 Å². The van der Waals surface area contributed by atoms with Gasteiger partial charge < -0.3 is 5.32 Å². The van der Waals surface area contributed by atoms with E-state index in [1.165, 1.54) is 5.56 Å². The average molecular weight is 224 g/mol. The maximum Gasteiger partial charge on any atom is 0.0173 e. The fourth-order valence-corrected chi connectivity index (χ4v) is 1.50. The molecule has 82 valence electrons. The molecular weight excluding hydrogens is 206 g/mol. The summed E-state index contributed by atoms with van der Waals surface area (Å²) in [5, 5.41) is 3.38. The first-order chi connectivity index (χ1) is 7.24. The minimum absolute atomic E-state index is 0.536. The Kier molecular flexibility index (Phi) is 5.44. The Balaban J connectivity index is 2.34. The van der Waals surface area contributed by atoms with Gasteiger partial charge in [-0.05, 0) is 24.0 Å². The highest BCUT2D eigenvalue weighted by Gasteiger charge is 2.03. The summed E-state index contributed by atoms with van der Waals surface area (Å²) in [4.78, 5) is 0. The van der Waals surface area contributed by atoms with Crippen molar-refractivity contribution in [2.75, 3.05) is 13.1 Å². The average Bonchev–Trinajstić information content (AvgIpc) is 2.29. The SMILES string of the molecule is C/C(=C\Cl)CNCC(C)c1ccccc1. The minimum atomic E-state index is 0.536. The first-order valence-electron chi connectivity index (χ1n) is 5.25. The standard InChI is InChI=1S/C13H18ClN/c1-11(8-14)9-15-10-12(2)13-6-4-3-5-7-13/h3-8,12,15H,9-10H2,1-2H3/b11-8+. The molecule has 0 heterocycles. The summed E-state index contributed by atoms with van der Waals surface area (Å²) >= 11 is 5.58. The largest absolute Gasteiger partial charge is 0.312 e. The van der Waals surface area contributed by atoms with Crippen LogP contribution < -0.4 is 5.32 Å². The van der Waals surface area contributed by atoms with Crippen LogP contribution in [0.5, 0.6) is 0 Å². The van der Waals surface area contributed by atoms with Gasteiger partial charge in [0.05, 0.1) is 0 Å². The first-order valence-corrected chi connectivity index (χ1v) is 5.69. The second-order valence-corrected chi connectivity index (χ2v) is 4.12. The summed E-state index contributed by atoms with van der Waals surface area (Å²) in [5.74, 6) is 0.536. The summed E-state index contributed by atoms with van der Waals surface area (Å²) in [6, 6.07) is 10.5. The van der Waals surface area contributed by atoms with Crippen LogP contribution in [0.3, 0.4) is 0 Å². The highest BCUT2D eigenvalue weighted by atomic mass is 35.5. The number of hydrogen-bond acceptors (Lipinski definition) is 1. The van der Waals surface area contributed by atoms with Crippen molar-refractivity contribution in [3.63, 3.8) is 0 Å². The fraction of sp³-hybridized carbons (Fsp3) is 0.385. The van der Waals surface area contributed by atoms with Crippen LogP contribution in [-0.4, -0.2) is 13.1 Å². The van der Waals surface area contributed by atoms with Crippen molar-refractivity contribution in [1.29, 1.82) is 0 Å². The van der Waals surface area contributed by atoms with Crippen LogP contribution in [0.4, 0.5) is 0 Å². The number of halogens is 1. The van der Waals surface area contributed by atoms with Crippen LogP contribution in [0.1, 0.15) is 25.3 Å². The van der Waals surface area contributed by atoms with Crippen molar-refractivity contribution in [3.8, 4) is 0 Å². The summed E-state index contributed by atoms with van der Waals surface area (Å²) < 4.78 is 0. The zero-order valence-electron chi connectivity index (χ0n) is 9.33. The number of rotatable bonds is 5. The fourth-order valence-electron chi connectivity index (χ4n) is 1.42. The van der Waals surface area contributed by atoms with E-state index < -0.39 is 0 Å². The molecule has 0 saturated carbocycles. The lowest BCUT2D eigenvalue weighted by Crippen LogP contribution is -2.21. The second-order valence-electron chi connectivity index (χ2n) is 3.90. The van der Waals surface area contributed by atoms with Gasteiger partial charge in [0.1, 0.15) is 0 Å². The number of benzene rings is 1. The van der Waals surface area contributed by atoms with Crippen molar-refractivity contribution >= 4 is 11.6 Å². The Morgan fingerprint density at radius 1 is 1.40 bits per heavy atom. The van der Waals surface area contributed by atoms with Crippen molar-refractivity contribution in [3.05, 3.63) is 47.0 Å². The van der Waals surface area contributed by atoms with Crippen LogP contribution >= 0.6 is 11.6 Å². The van der Waals surface area contributed by atoms with E-state index in [-0.39, 0.29) is 0 Å². The molecular formula is C13H18ClN. The van der Waals surface area contributed by atoms with E-state index in [9.17, 15) is 0 Å². The molecule has 0 aliphatic rings. The van der Waals surface area contributed by atoms with Gasteiger partial charge >= 0.3 is 0 Å². The van der Waals surface area contributed by atoms with E-state index in [0.29, 0.717) is 5.92 Å². The van der Waals surface area contributed by atoms with Crippen LogP contribution in [0.15, 0.2) is 41.4 Å². The van der Waals surface area contributed by atoms with Crippen molar-refractivity contribution in [2.45, 2.75) is 19.8 Å². The lowest BCUT2D eigenvalue weighted by atomic mass is 10.0. The maximum absolute atomic E-state index is 5.58. The zero-order valence-corrected chi connectivity index (χ0v) is 10.1. The maximum atomic E-state index is 5.58. The topological polar surface area (TPSA) is 12.0 Å². The van der Waals surface area contributed by atoms with Crippen molar-refractivity contribution in [1.82, 2.24) is 5.32 Å². The molecule has 1 aromatic rings. The molecule has 1 unspecified atom stereocenters. The molecule has 0 bridgehead atoms. The van der Waals surface area contributed by atoms with Crippen molar-refractivity contribution in [2.24, 2.45) is 0 Å². The second kappa shape index (κ2) is 6.65. The molecule has 0 fully saturated rings. The van der Waals surface area contributed by atoms with Crippen LogP contribution in [-0.2, 0) is 0 Å². The van der Waals surface area contributed by atoms with Gasteiger partial charge in [0.25, 0.3) is 0 Å². The van der Waals surface area contributed by atoms with E-state index in [2.05, 4.69) is 36.5 Å². The third-order valence-corrected chi connectivity index (χ3v) is 2.78. The molecule has 15 heavy (non-hydrogen) atoms. The molecule has 2 heteroatoms. The molecule has 0 aliphatic carbocycles. The van der Waals surface area contributed by atoms with Gasteiger partial charge in [0.15, 0.2) is 0 Å². The number of hydrogen-bond donors (Lipinski definition) is 1. The Bertz CT molecular complexity index is 306. The molecule has 0 radical (unpaired) electrons. The predicted octanol–water partition coefficient (Wildman–Crippen LogP) is 3.52. The predicted molar refractivity (Wildman–Crippen MR) is 67.3 cm³/mol. The van der Waals surface area contributed by atoms with Crippen LogP contribution in [0.2, 0.25) is 0 Å². The van der Waals surface area contributed by atoms with E-state index >= 15 is 0 Å². The smallest absolute Gasteiger partial charge is 0.0173 e. The minimum Gasteiger partial charge on any atom is -0.312 e. The van der Waals surface area contributed by atoms with Gasteiger partial charge in [-0.3, -0.25) is 0 Å². The van der Waals surface area contributed by atoms with Gasteiger partial charge in [0.2, 0.25) is 0 Å². The van der Waals surface area contributed by atoms with Crippen molar-refractivity contribution < 1.29 is 0 Å². The summed E-state index contributed by atoms with van der Waals surface area (Å²) in [6.45, 7) is 6.09. The van der Waals surface area contributed by atoms with Gasteiger partial charge in [-0.1, -0.05) is 48.9 Å². The van der Waals surface area contributed by atoms with Gasteiger partial charge in [-0.15, -0.1) is 0 Å². The Morgan fingerprint density at radius 3 is 2.67 bits per heavy atom. The molecule has 0 aromatic heterocycles. The van der Waals surface area contributed by atoms with E-state index in [0.717, 1.165) is 18.7 Å². The van der Waals surface area contributed by atoms with Gasteiger partial charge in [-0.25, -0.2) is 0 Å². The first kappa shape index (κ1) is 12.3. The quantitative estimate of drug-likeness (QED) is 0.806. The lowest BCUT2D eigenvalue weighted by molar-refractivity contribution is 0.642. The molecule has 1 rings (SSSR count). The molecule has 0 spiro atoms. The van der Waals surface area contributed by atoms with E-state index in [1.54, 1.807) is 5.54 Å². The molecule has 1 atom stereocenters. The number of nitrogens with one attached hydrogen (secondary N) is 1. The molecule has 0 saturated heterocycles. The van der Waals surface area contributed by atoms with E-state index in [1.807, 2.05) is 13.0 Å². The third-order valence-electron chi connectivity index (χ3n) is 2.41.